The van der Waals surface area contributed by atoms with E-state index in [-0.39, 0.29) is 5.60 Å². The van der Waals surface area contributed by atoms with Gasteiger partial charge in [-0.3, -0.25) is 0 Å². The van der Waals surface area contributed by atoms with E-state index in [9.17, 15) is 0 Å². The Morgan fingerprint density at radius 1 is 1.00 bits per heavy atom. The van der Waals surface area contributed by atoms with Gasteiger partial charge in [0.15, 0.2) is 0 Å². The Morgan fingerprint density at radius 3 is 2.31 bits per heavy atom. The van der Waals surface area contributed by atoms with Gasteiger partial charge in [0.05, 0.1) is 5.60 Å². The summed E-state index contributed by atoms with van der Waals surface area (Å²) in [6, 6.07) is 0. The van der Waals surface area contributed by atoms with Gasteiger partial charge in [-0.15, -0.1) is 0 Å². The van der Waals surface area contributed by atoms with Crippen LogP contribution in [-0.2, 0) is 4.74 Å². The van der Waals surface area contributed by atoms with Crippen LogP contribution >= 0.6 is 0 Å². The van der Waals surface area contributed by atoms with E-state index in [0.717, 1.165) is 6.61 Å². The standard InChI is InChI=1S/C14H29NO/c1-2-3-4-5-9-12-16-14(13-15)10-7-6-8-11-14/h2-13,15H2,1H3. The van der Waals surface area contributed by atoms with Crippen LogP contribution in [0.1, 0.15) is 71.1 Å². The largest absolute Gasteiger partial charge is 0.374 e. The number of unbranched alkanes of at least 4 members (excludes halogenated alkanes) is 4. The Hall–Kier alpha value is -0.0800. The molecule has 1 saturated carbocycles. The highest BCUT2D eigenvalue weighted by atomic mass is 16.5. The average Bonchev–Trinajstić information content (AvgIpc) is 2.35. The summed E-state index contributed by atoms with van der Waals surface area (Å²) >= 11 is 0. The van der Waals surface area contributed by atoms with Gasteiger partial charge in [0.2, 0.25) is 0 Å². The normalized spacial score (nSPS) is 19.9. The maximum atomic E-state index is 6.07. The molecule has 2 N–H and O–H groups in total. The lowest BCUT2D eigenvalue weighted by Gasteiger charge is -2.36. The highest BCUT2D eigenvalue weighted by Crippen LogP contribution is 2.30. The van der Waals surface area contributed by atoms with Gasteiger partial charge in [-0.05, 0) is 19.3 Å². The van der Waals surface area contributed by atoms with Gasteiger partial charge >= 0.3 is 0 Å². The highest BCUT2D eigenvalue weighted by Gasteiger charge is 2.30. The Morgan fingerprint density at radius 2 is 1.69 bits per heavy atom. The molecule has 2 heteroatoms. The van der Waals surface area contributed by atoms with E-state index >= 15 is 0 Å². The third-order valence-electron chi connectivity index (χ3n) is 3.79. The molecule has 0 radical (unpaired) electrons. The zero-order valence-electron chi connectivity index (χ0n) is 11.0. The fourth-order valence-electron chi connectivity index (χ4n) is 2.60. The van der Waals surface area contributed by atoms with Crippen molar-refractivity contribution in [2.24, 2.45) is 5.73 Å². The maximum Gasteiger partial charge on any atom is 0.0804 e. The first-order chi connectivity index (χ1) is 7.83. The first kappa shape index (κ1) is 14.0. The summed E-state index contributed by atoms with van der Waals surface area (Å²) in [5.41, 5.74) is 5.92. The summed E-state index contributed by atoms with van der Waals surface area (Å²) < 4.78 is 6.07. The third kappa shape index (κ3) is 4.84. The van der Waals surface area contributed by atoms with Crippen LogP contribution in [0.4, 0.5) is 0 Å². The zero-order valence-corrected chi connectivity index (χ0v) is 11.0. The monoisotopic (exact) mass is 227 g/mol. The minimum atomic E-state index is 0.0446. The van der Waals surface area contributed by atoms with Gasteiger partial charge in [0, 0.05) is 13.2 Å². The van der Waals surface area contributed by atoms with E-state index in [1.165, 1.54) is 64.2 Å². The van der Waals surface area contributed by atoms with Crippen LogP contribution in [0.15, 0.2) is 0 Å². The molecule has 1 fully saturated rings. The lowest BCUT2D eigenvalue weighted by atomic mass is 9.84. The average molecular weight is 227 g/mol. The summed E-state index contributed by atoms with van der Waals surface area (Å²) in [5, 5.41) is 0. The molecule has 0 aromatic carbocycles. The molecule has 0 saturated heterocycles. The molecule has 0 aliphatic heterocycles. The summed E-state index contributed by atoms with van der Waals surface area (Å²) in [4.78, 5) is 0. The number of hydrogen-bond acceptors (Lipinski definition) is 2. The van der Waals surface area contributed by atoms with Crippen LogP contribution in [0.2, 0.25) is 0 Å². The topological polar surface area (TPSA) is 35.2 Å². The van der Waals surface area contributed by atoms with E-state index in [1.807, 2.05) is 0 Å². The van der Waals surface area contributed by atoms with Crippen LogP contribution < -0.4 is 5.73 Å². The van der Waals surface area contributed by atoms with Crippen LogP contribution in [0.5, 0.6) is 0 Å². The second-order valence-electron chi connectivity index (χ2n) is 5.21. The van der Waals surface area contributed by atoms with Crippen molar-refractivity contribution in [1.29, 1.82) is 0 Å². The van der Waals surface area contributed by atoms with E-state index in [2.05, 4.69) is 6.92 Å². The summed E-state index contributed by atoms with van der Waals surface area (Å²) in [6.45, 7) is 3.88. The first-order valence-corrected chi connectivity index (χ1v) is 7.17. The molecular weight excluding hydrogens is 198 g/mol. The molecule has 1 aliphatic carbocycles. The second-order valence-corrected chi connectivity index (χ2v) is 5.21. The van der Waals surface area contributed by atoms with Gasteiger partial charge in [-0.1, -0.05) is 51.9 Å². The zero-order chi connectivity index (χ0) is 11.7. The quantitative estimate of drug-likeness (QED) is 0.643. The molecule has 1 aliphatic rings. The van der Waals surface area contributed by atoms with E-state index in [0.29, 0.717) is 6.54 Å². The Balaban J connectivity index is 2.08. The molecule has 0 spiro atoms. The summed E-state index contributed by atoms with van der Waals surface area (Å²) in [5.74, 6) is 0. The predicted octanol–water partition coefficient (Wildman–Crippen LogP) is 3.64. The van der Waals surface area contributed by atoms with Crippen molar-refractivity contribution < 1.29 is 4.74 Å². The van der Waals surface area contributed by atoms with Crippen molar-refractivity contribution >= 4 is 0 Å². The number of rotatable bonds is 8. The molecule has 0 atom stereocenters. The minimum absolute atomic E-state index is 0.0446. The third-order valence-corrected chi connectivity index (χ3v) is 3.79. The van der Waals surface area contributed by atoms with Crippen molar-refractivity contribution in [3.05, 3.63) is 0 Å². The molecule has 0 aromatic rings. The van der Waals surface area contributed by atoms with Gasteiger partial charge < -0.3 is 10.5 Å². The Labute approximate surface area is 101 Å². The van der Waals surface area contributed by atoms with Crippen LogP contribution in [0.25, 0.3) is 0 Å². The molecule has 0 unspecified atom stereocenters. The highest BCUT2D eigenvalue weighted by molar-refractivity contribution is 4.85. The minimum Gasteiger partial charge on any atom is -0.374 e. The van der Waals surface area contributed by atoms with Crippen molar-refractivity contribution in [1.82, 2.24) is 0 Å². The first-order valence-electron chi connectivity index (χ1n) is 7.17. The SMILES string of the molecule is CCCCCCCOC1(CN)CCCCC1. The van der Waals surface area contributed by atoms with Crippen molar-refractivity contribution in [2.75, 3.05) is 13.2 Å². The summed E-state index contributed by atoms with van der Waals surface area (Å²) in [6.07, 6.45) is 12.9. The van der Waals surface area contributed by atoms with Gasteiger partial charge in [-0.2, -0.15) is 0 Å². The molecule has 0 amide bonds. The van der Waals surface area contributed by atoms with Crippen LogP contribution in [0.3, 0.4) is 0 Å². The maximum absolute atomic E-state index is 6.07. The number of nitrogens with two attached hydrogens (primary N) is 1. The van der Waals surface area contributed by atoms with Crippen LogP contribution in [-0.4, -0.2) is 18.8 Å². The summed E-state index contributed by atoms with van der Waals surface area (Å²) in [7, 11) is 0. The van der Waals surface area contributed by atoms with Gasteiger partial charge in [0.1, 0.15) is 0 Å². The molecule has 0 aromatic heterocycles. The molecular formula is C14H29NO. The van der Waals surface area contributed by atoms with Gasteiger partial charge in [-0.25, -0.2) is 0 Å². The number of ether oxygens (including phenoxy) is 1. The molecule has 2 nitrogen and oxygen atoms in total. The van der Waals surface area contributed by atoms with Gasteiger partial charge in [0.25, 0.3) is 0 Å². The lowest BCUT2D eigenvalue weighted by Crippen LogP contribution is -2.42. The molecule has 0 bridgehead atoms. The van der Waals surface area contributed by atoms with E-state index in [4.69, 9.17) is 10.5 Å². The lowest BCUT2D eigenvalue weighted by molar-refractivity contribution is -0.0643. The van der Waals surface area contributed by atoms with E-state index < -0.39 is 0 Å². The van der Waals surface area contributed by atoms with Crippen molar-refractivity contribution in [3.8, 4) is 0 Å². The fraction of sp³-hybridized carbons (Fsp3) is 1.00. The van der Waals surface area contributed by atoms with E-state index in [1.54, 1.807) is 0 Å². The molecule has 96 valence electrons. The molecule has 0 heterocycles. The second kappa shape index (κ2) is 8.08. The van der Waals surface area contributed by atoms with Crippen molar-refractivity contribution in [3.63, 3.8) is 0 Å². The Bertz CT molecular complexity index is 164. The predicted molar refractivity (Wildman–Crippen MR) is 69.6 cm³/mol. The Kier molecular flexibility index (Phi) is 7.06. The smallest absolute Gasteiger partial charge is 0.0804 e. The molecule has 1 rings (SSSR count). The van der Waals surface area contributed by atoms with Crippen molar-refractivity contribution in [2.45, 2.75) is 76.7 Å². The molecule has 16 heavy (non-hydrogen) atoms. The number of hydrogen-bond donors (Lipinski definition) is 1. The van der Waals surface area contributed by atoms with Crippen LogP contribution in [0, 0.1) is 0 Å². The fourth-order valence-corrected chi connectivity index (χ4v) is 2.60.